The highest BCUT2D eigenvalue weighted by Gasteiger charge is 2.22. The van der Waals surface area contributed by atoms with Gasteiger partial charge in [0.25, 0.3) is 0 Å². The Bertz CT molecular complexity index is 365. The van der Waals surface area contributed by atoms with Crippen molar-refractivity contribution in [2.45, 2.75) is 19.9 Å². The van der Waals surface area contributed by atoms with Gasteiger partial charge in [-0.1, -0.05) is 0 Å². The second-order valence-corrected chi connectivity index (χ2v) is 7.67. The molecule has 0 saturated carbocycles. The smallest absolute Gasteiger partial charge is 0.211 e. The Morgan fingerprint density at radius 3 is 2.25 bits per heavy atom. The largest absolute Gasteiger partial charge is 0.379 e. The molecule has 1 fully saturated rings. The maximum absolute atomic E-state index is 11.4. The van der Waals surface area contributed by atoms with E-state index in [-0.39, 0.29) is 0 Å². The van der Waals surface area contributed by atoms with Crippen molar-refractivity contribution in [3.63, 3.8) is 0 Å². The summed E-state index contributed by atoms with van der Waals surface area (Å²) in [7, 11) is -0.931. The molecule has 7 heteroatoms. The molecular formula is C13H29N3O3S. The van der Waals surface area contributed by atoms with Crippen molar-refractivity contribution < 1.29 is 13.2 Å². The van der Waals surface area contributed by atoms with Gasteiger partial charge in [-0.25, -0.2) is 8.42 Å². The van der Waals surface area contributed by atoms with Crippen LogP contribution in [0.3, 0.4) is 0 Å². The molecule has 0 spiro atoms. The first-order valence-corrected chi connectivity index (χ1v) is 9.11. The van der Waals surface area contributed by atoms with Crippen LogP contribution in [0.1, 0.15) is 13.8 Å². The minimum Gasteiger partial charge on any atom is -0.379 e. The molecule has 0 unspecified atom stereocenters. The molecule has 6 nitrogen and oxygen atoms in total. The number of likely N-dealkylation sites (N-methyl/N-ethyl adjacent to an activating group) is 1. The summed E-state index contributed by atoms with van der Waals surface area (Å²) in [5.41, 5.74) is 0. The van der Waals surface area contributed by atoms with Crippen LogP contribution in [0.15, 0.2) is 0 Å². The molecule has 0 amide bonds. The highest BCUT2D eigenvalue weighted by molar-refractivity contribution is 7.88. The third kappa shape index (κ3) is 6.49. The van der Waals surface area contributed by atoms with Crippen LogP contribution in [0.2, 0.25) is 0 Å². The number of rotatable bonds is 8. The molecule has 1 heterocycles. The Kier molecular flexibility index (Phi) is 7.39. The molecule has 1 aliphatic heterocycles. The topological polar surface area (TPSA) is 53.1 Å². The lowest BCUT2D eigenvalue weighted by molar-refractivity contribution is 0.0739. The zero-order chi connectivity index (χ0) is 15.2. The Balaban J connectivity index is 2.08. The van der Waals surface area contributed by atoms with Crippen LogP contribution in [-0.2, 0) is 14.8 Å². The van der Waals surface area contributed by atoms with Crippen molar-refractivity contribution in [2.24, 2.45) is 0 Å². The molecule has 0 aromatic heterocycles. The molecule has 120 valence electrons. The summed E-state index contributed by atoms with van der Waals surface area (Å²) in [6.45, 7) is 10.4. The van der Waals surface area contributed by atoms with Crippen molar-refractivity contribution in [3.05, 3.63) is 0 Å². The van der Waals surface area contributed by atoms with E-state index in [0.717, 1.165) is 32.8 Å². The number of ether oxygens (including phenoxy) is 1. The van der Waals surface area contributed by atoms with E-state index >= 15 is 0 Å². The number of piperazine rings is 1. The summed E-state index contributed by atoms with van der Waals surface area (Å²) in [6, 6.07) is 0.544. The molecule has 0 radical (unpaired) electrons. The average molecular weight is 307 g/mol. The zero-order valence-electron chi connectivity index (χ0n) is 13.2. The summed E-state index contributed by atoms with van der Waals surface area (Å²) in [6.07, 6.45) is 1.27. The van der Waals surface area contributed by atoms with Crippen molar-refractivity contribution in [1.29, 1.82) is 0 Å². The first kappa shape index (κ1) is 17.8. The predicted octanol–water partition coefficient (Wildman–Crippen LogP) is -0.0796. The Morgan fingerprint density at radius 1 is 1.15 bits per heavy atom. The van der Waals surface area contributed by atoms with E-state index in [9.17, 15) is 8.42 Å². The number of hydrogen-bond acceptors (Lipinski definition) is 5. The van der Waals surface area contributed by atoms with Gasteiger partial charge in [0.05, 0.1) is 19.5 Å². The summed E-state index contributed by atoms with van der Waals surface area (Å²) in [5.74, 6) is 0. The van der Waals surface area contributed by atoms with Gasteiger partial charge in [-0.3, -0.25) is 4.90 Å². The molecular weight excluding hydrogens is 278 g/mol. The van der Waals surface area contributed by atoms with Crippen molar-refractivity contribution in [3.8, 4) is 0 Å². The van der Waals surface area contributed by atoms with E-state index in [1.807, 2.05) is 0 Å². The molecule has 0 aromatic carbocycles. The van der Waals surface area contributed by atoms with Crippen LogP contribution < -0.4 is 0 Å². The Hall–Kier alpha value is -0.210. The lowest BCUT2D eigenvalue weighted by Gasteiger charge is -2.33. The van der Waals surface area contributed by atoms with Crippen molar-refractivity contribution in [1.82, 2.24) is 14.1 Å². The van der Waals surface area contributed by atoms with Crippen molar-refractivity contribution >= 4 is 10.0 Å². The second-order valence-electron chi connectivity index (χ2n) is 5.69. The first-order chi connectivity index (χ1) is 9.30. The molecule has 1 saturated heterocycles. The van der Waals surface area contributed by atoms with Gasteiger partial charge in [-0.15, -0.1) is 0 Å². The average Bonchev–Trinajstić information content (AvgIpc) is 2.37. The van der Waals surface area contributed by atoms with Gasteiger partial charge in [0.1, 0.15) is 0 Å². The summed E-state index contributed by atoms with van der Waals surface area (Å²) in [5, 5.41) is 0. The van der Waals surface area contributed by atoms with Gasteiger partial charge in [-0.2, -0.15) is 4.31 Å². The third-order valence-electron chi connectivity index (χ3n) is 3.82. The fourth-order valence-corrected chi connectivity index (χ4v) is 2.87. The van der Waals surface area contributed by atoms with E-state index in [1.54, 1.807) is 4.31 Å². The van der Waals surface area contributed by atoms with Gasteiger partial charge < -0.3 is 9.64 Å². The highest BCUT2D eigenvalue weighted by Crippen LogP contribution is 2.05. The van der Waals surface area contributed by atoms with Gasteiger partial charge >= 0.3 is 0 Å². The summed E-state index contributed by atoms with van der Waals surface area (Å²) < 4.78 is 30.0. The van der Waals surface area contributed by atoms with Gasteiger partial charge in [0.2, 0.25) is 10.0 Å². The molecule has 0 N–H and O–H groups in total. The molecule has 1 aliphatic rings. The molecule has 0 aromatic rings. The monoisotopic (exact) mass is 307 g/mol. The van der Waals surface area contributed by atoms with Crippen LogP contribution in [0.4, 0.5) is 0 Å². The van der Waals surface area contributed by atoms with Crippen LogP contribution in [-0.4, -0.2) is 94.4 Å². The Labute approximate surface area is 123 Å². The maximum atomic E-state index is 11.4. The van der Waals surface area contributed by atoms with Gasteiger partial charge in [-0.05, 0) is 20.9 Å². The van der Waals surface area contributed by atoms with Crippen LogP contribution in [0.5, 0.6) is 0 Å². The molecule has 0 bridgehead atoms. The predicted molar refractivity (Wildman–Crippen MR) is 81.4 cm³/mol. The summed E-state index contributed by atoms with van der Waals surface area (Å²) in [4.78, 5) is 4.51. The van der Waals surface area contributed by atoms with Crippen LogP contribution in [0.25, 0.3) is 0 Å². The zero-order valence-corrected chi connectivity index (χ0v) is 14.0. The van der Waals surface area contributed by atoms with Crippen LogP contribution in [0, 0.1) is 0 Å². The second kappa shape index (κ2) is 8.29. The van der Waals surface area contributed by atoms with Crippen molar-refractivity contribution in [2.75, 3.05) is 65.8 Å². The maximum Gasteiger partial charge on any atom is 0.211 e. The SMILES string of the molecule is CC(C)N(C)CCOCCN1CCN(S(C)(=O)=O)CC1. The molecule has 20 heavy (non-hydrogen) atoms. The first-order valence-electron chi connectivity index (χ1n) is 7.26. The molecule has 0 aliphatic carbocycles. The quantitative estimate of drug-likeness (QED) is 0.587. The number of sulfonamides is 1. The Morgan fingerprint density at radius 2 is 1.75 bits per heavy atom. The van der Waals surface area contributed by atoms with E-state index < -0.39 is 10.0 Å². The van der Waals surface area contributed by atoms with E-state index in [1.165, 1.54) is 6.26 Å². The number of hydrogen-bond donors (Lipinski definition) is 0. The van der Waals surface area contributed by atoms with E-state index in [2.05, 4.69) is 30.7 Å². The molecule has 1 rings (SSSR count). The summed E-state index contributed by atoms with van der Waals surface area (Å²) >= 11 is 0. The lowest BCUT2D eigenvalue weighted by atomic mass is 10.3. The standard InChI is InChI=1S/C13H29N3O3S/c1-13(2)14(3)9-11-19-12-10-15-5-7-16(8-6-15)20(4,17)18/h13H,5-12H2,1-4H3. The van der Waals surface area contributed by atoms with E-state index in [0.29, 0.717) is 25.7 Å². The van der Waals surface area contributed by atoms with Crippen LogP contribution >= 0.6 is 0 Å². The highest BCUT2D eigenvalue weighted by atomic mass is 32.2. The minimum atomic E-state index is -3.03. The normalized spacial score (nSPS) is 19.1. The minimum absolute atomic E-state index is 0.544. The van der Waals surface area contributed by atoms with E-state index in [4.69, 9.17) is 4.74 Å². The fourth-order valence-electron chi connectivity index (χ4n) is 2.05. The molecule has 0 atom stereocenters. The fraction of sp³-hybridized carbons (Fsp3) is 1.00. The lowest BCUT2D eigenvalue weighted by Crippen LogP contribution is -2.49. The number of nitrogens with zero attached hydrogens (tertiary/aromatic N) is 3. The van der Waals surface area contributed by atoms with Gasteiger partial charge in [0.15, 0.2) is 0 Å². The van der Waals surface area contributed by atoms with Gasteiger partial charge in [0, 0.05) is 45.3 Å². The third-order valence-corrected chi connectivity index (χ3v) is 5.13.